The van der Waals surface area contributed by atoms with Crippen LogP contribution in [-0.4, -0.2) is 54.2 Å². The van der Waals surface area contributed by atoms with Gasteiger partial charge in [0, 0.05) is 32.4 Å². The van der Waals surface area contributed by atoms with E-state index >= 15 is 0 Å². The van der Waals surface area contributed by atoms with Gasteiger partial charge in [-0.25, -0.2) is 15.0 Å². The molecule has 0 radical (unpaired) electrons. The lowest BCUT2D eigenvalue weighted by molar-refractivity contribution is 0.641. The first kappa shape index (κ1) is 17.2. The van der Waals surface area contributed by atoms with E-state index in [0.29, 0.717) is 17.3 Å². The Bertz CT molecular complexity index is 800. The van der Waals surface area contributed by atoms with E-state index in [9.17, 15) is 0 Å². The molecule has 0 aromatic carbocycles. The molecule has 0 spiro atoms. The predicted molar refractivity (Wildman–Crippen MR) is 98.5 cm³/mol. The van der Waals surface area contributed by atoms with Gasteiger partial charge in [-0.3, -0.25) is 0 Å². The Morgan fingerprint density at radius 2 is 1.69 bits per heavy atom. The molecule has 3 heterocycles. The molecule has 1 aliphatic rings. The molecule has 1 aliphatic heterocycles. The zero-order chi connectivity index (χ0) is 18.4. The van der Waals surface area contributed by atoms with Crippen LogP contribution in [-0.2, 0) is 0 Å². The van der Waals surface area contributed by atoms with Gasteiger partial charge in [0.05, 0.1) is 12.1 Å². The lowest BCUT2D eigenvalue weighted by Crippen LogP contribution is -2.47. The van der Waals surface area contributed by atoms with Crippen molar-refractivity contribution in [2.45, 2.75) is 0 Å². The van der Waals surface area contributed by atoms with Crippen molar-refractivity contribution in [2.75, 3.05) is 59.7 Å². The zero-order valence-electron chi connectivity index (χ0n) is 14.3. The largest absolute Gasteiger partial charge is 0.393 e. The van der Waals surface area contributed by atoms with Crippen LogP contribution in [0, 0.1) is 22.7 Å². The average Bonchev–Trinajstić information content (AvgIpc) is 2.69. The summed E-state index contributed by atoms with van der Waals surface area (Å²) in [6, 6.07) is 9.93. The molecule has 0 amide bonds. The average molecular weight is 349 g/mol. The molecular formula is C17H19N9. The molecule has 0 unspecified atom stereocenters. The van der Waals surface area contributed by atoms with E-state index in [4.69, 9.17) is 16.3 Å². The number of hydrogen-bond acceptors (Lipinski definition) is 9. The van der Waals surface area contributed by atoms with Gasteiger partial charge >= 0.3 is 0 Å². The third kappa shape index (κ3) is 3.57. The fourth-order valence-electron chi connectivity index (χ4n) is 2.95. The Balaban J connectivity index is 1.76. The SMILES string of the molecule is N#CCN(CC#N)c1ncnc(N2CCN(c3ccccn3)CC2)c1N. The number of hydrogen-bond donors (Lipinski definition) is 1. The summed E-state index contributed by atoms with van der Waals surface area (Å²) in [6.45, 7) is 3.18. The summed E-state index contributed by atoms with van der Waals surface area (Å²) in [5.74, 6) is 2.01. The molecule has 9 heteroatoms. The number of anilines is 4. The van der Waals surface area contributed by atoms with Crippen molar-refractivity contribution in [3.05, 3.63) is 30.7 Å². The molecule has 1 fully saturated rings. The van der Waals surface area contributed by atoms with Crippen LogP contribution in [0.3, 0.4) is 0 Å². The second-order valence-corrected chi connectivity index (χ2v) is 5.77. The second-order valence-electron chi connectivity index (χ2n) is 5.77. The lowest BCUT2D eigenvalue weighted by Gasteiger charge is -2.36. The third-order valence-electron chi connectivity index (χ3n) is 4.22. The minimum absolute atomic E-state index is 0.0433. The summed E-state index contributed by atoms with van der Waals surface area (Å²) in [7, 11) is 0. The monoisotopic (exact) mass is 349 g/mol. The molecule has 132 valence electrons. The van der Waals surface area contributed by atoms with Crippen molar-refractivity contribution in [2.24, 2.45) is 0 Å². The van der Waals surface area contributed by atoms with Gasteiger partial charge in [0.1, 0.15) is 30.9 Å². The smallest absolute Gasteiger partial charge is 0.159 e. The Morgan fingerprint density at radius 3 is 2.31 bits per heavy atom. The van der Waals surface area contributed by atoms with Crippen LogP contribution in [0.25, 0.3) is 0 Å². The maximum atomic E-state index is 8.96. The van der Waals surface area contributed by atoms with Crippen molar-refractivity contribution < 1.29 is 0 Å². The highest BCUT2D eigenvalue weighted by Crippen LogP contribution is 2.29. The van der Waals surface area contributed by atoms with E-state index in [1.807, 2.05) is 30.3 Å². The molecule has 2 aromatic rings. The maximum Gasteiger partial charge on any atom is 0.159 e. The molecule has 0 saturated carbocycles. The lowest BCUT2D eigenvalue weighted by atomic mass is 10.2. The maximum absolute atomic E-state index is 8.96. The highest BCUT2D eigenvalue weighted by molar-refractivity contribution is 5.76. The second kappa shape index (κ2) is 7.99. The summed E-state index contributed by atoms with van der Waals surface area (Å²) in [5.41, 5.74) is 6.66. The summed E-state index contributed by atoms with van der Waals surface area (Å²) in [6.07, 6.45) is 3.21. The van der Waals surface area contributed by atoms with Crippen LogP contribution in [0.1, 0.15) is 0 Å². The number of nitrogens with zero attached hydrogens (tertiary/aromatic N) is 8. The van der Waals surface area contributed by atoms with E-state index < -0.39 is 0 Å². The van der Waals surface area contributed by atoms with Gasteiger partial charge in [-0.1, -0.05) is 6.07 Å². The molecule has 2 N–H and O–H groups in total. The summed E-state index contributed by atoms with van der Waals surface area (Å²) < 4.78 is 0. The first-order valence-electron chi connectivity index (χ1n) is 8.25. The number of pyridine rings is 1. The minimum atomic E-state index is 0.0433. The van der Waals surface area contributed by atoms with Gasteiger partial charge in [0.15, 0.2) is 11.6 Å². The minimum Gasteiger partial charge on any atom is -0.393 e. The molecule has 0 atom stereocenters. The van der Waals surface area contributed by atoms with Crippen molar-refractivity contribution in [3.8, 4) is 12.1 Å². The molecule has 0 bridgehead atoms. The Hall–Kier alpha value is -3.59. The topological polar surface area (TPSA) is 122 Å². The number of piperazine rings is 1. The van der Waals surface area contributed by atoms with Crippen molar-refractivity contribution in [1.82, 2.24) is 15.0 Å². The highest BCUT2D eigenvalue weighted by Gasteiger charge is 2.23. The molecule has 1 saturated heterocycles. The van der Waals surface area contributed by atoms with Gasteiger partial charge in [-0.05, 0) is 12.1 Å². The first-order valence-corrected chi connectivity index (χ1v) is 8.25. The van der Waals surface area contributed by atoms with Gasteiger partial charge in [-0.15, -0.1) is 0 Å². The van der Waals surface area contributed by atoms with E-state index in [1.165, 1.54) is 6.33 Å². The molecule has 3 rings (SSSR count). The fourth-order valence-corrected chi connectivity index (χ4v) is 2.95. The van der Waals surface area contributed by atoms with Crippen LogP contribution in [0.15, 0.2) is 30.7 Å². The normalized spacial score (nSPS) is 13.8. The summed E-state index contributed by atoms with van der Waals surface area (Å²) in [5, 5.41) is 17.9. The van der Waals surface area contributed by atoms with Crippen LogP contribution in [0.4, 0.5) is 23.1 Å². The van der Waals surface area contributed by atoms with Crippen molar-refractivity contribution >= 4 is 23.1 Å². The van der Waals surface area contributed by atoms with Gasteiger partial charge in [0.25, 0.3) is 0 Å². The zero-order valence-corrected chi connectivity index (χ0v) is 14.3. The standard InChI is InChI=1S/C17H19N9/c18-4-7-25(8-5-19)16-15(20)17(23-13-22-16)26-11-9-24(10-12-26)14-3-1-2-6-21-14/h1-3,6,13H,7-12,20H2. The number of nitriles is 2. The fraction of sp³-hybridized carbons (Fsp3) is 0.353. The van der Waals surface area contributed by atoms with Crippen LogP contribution in [0.2, 0.25) is 0 Å². The van der Waals surface area contributed by atoms with Crippen LogP contribution >= 0.6 is 0 Å². The molecular weight excluding hydrogens is 330 g/mol. The van der Waals surface area contributed by atoms with Crippen LogP contribution in [0.5, 0.6) is 0 Å². The van der Waals surface area contributed by atoms with Crippen molar-refractivity contribution in [3.63, 3.8) is 0 Å². The Kier molecular flexibility index (Phi) is 5.30. The van der Waals surface area contributed by atoms with Gasteiger partial charge < -0.3 is 20.4 Å². The quantitative estimate of drug-likeness (QED) is 0.774. The van der Waals surface area contributed by atoms with Crippen molar-refractivity contribution in [1.29, 1.82) is 10.5 Å². The summed E-state index contributed by atoms with van der Waals surface area (Å²) >= 11 is 0. The predicted octanol–water partition coefficient (Wildman–Crippen LogP) is 0.634. The van der Waals surface area contributed by atoms with Gasteiger partial charge in [-0.2, -0.15) is 10.5 Å². The van der Waals surface area contributed by atoms with E-state index in [1.54, 1.807) is 11.1 Å². The molecule has 9 nitrogen and oxygen atoms in total. The first-order chi connectivity index (χ1) is 12.7. The molecule has 2 aromatic heterocycles. The van der Waals surface area contributed by atoms with Crippen LogP contribution < -0.4 is 20.4 Å². The van der Waals surface area contributed by atoms with E-state index in [0.717, 1.165) is 32.0 Å². The number of aromatic nitrogens is 3. The van der Waals surface area contributed by atoms with Gasteiger partial charge in [0.2, 0.25) is 0 Å². The molecule has 26 heavy (non-hydrogen) atoms. The Labute approximate surface area is 151 Å². The number of rotatable bonds is 5. The molecule has 0 aliphatic carbocycles. The highest BCUT2D eigenvalue weighted by atomic mass is 15.3. The van der Waals surface area contributed by atoms with E-state index in [-0.39, 0.29) is 13.1 Å². The number of nitrogen functional groups attached to an aromatic ring is 1. The third-order valence-corrected chi connectivity index (χ3v) is 4.22. The van der Waals surface area contributed by atoms with E-state index in [2.05, 4.69) is 24.8 Å². The Morgan fingerprint density at radius 1 is 1.00 bits per heavy atom. The number of nitrogens with two attached hydrogens (primary N) is 1. The summed E-state index contributed by atoms with van der Waals surface area (Å²) in [4.78, 5) is 18.7.